The number of hydrogen-bond acceptors (Lipinski definition) is 6. The molecular weight excluding hydrogens is 434 g/mol. The number of fused-ring (bicyclic) bond motifs is 1. The van der Waals surface area contributed by atoms with E-state index < -0.39 is 0 Å². The zero-order valence-electron chi connectivity index (χ0n) is 16.0. The molecule has 1 atom stereocenters. The molecule has 0 saturated carbocycles. The van der Waals surface area contributed by atoms with E-state index >= 15 is 0 Å². The third-order valence-corrected chi connectivity index (χ3v) is 5.57. The first kappa shape index (κ1) is 18.2. The van der Waals surface area contributed by atoms with E-state index in [1.54, 1.807) is 0 Å². The van der Waals surface area contributed by atoms with Crippen LogP contribution in [0.1, 0.15) is 28.5 Å². The van der Waals surface area contributed by atoms with E-state index in [0.717, 1.165) is 15.7 Å². The smallest absolute Gasteiger partial charge is 0.280 e. The summed E-state index contributed by atoms with van der Waals surface area (Å²) in [6.45, 7) is 5.18. The van der Waals surface area contributed by atoms with Crippen molar-refractivity contribution in [1.29, 1.82) is 0 Å². The Morgan fingerprint density at radius 2 is 2.03 bits per heavy atom. The summed E-state index contributed by atoms with van der Waals surface area (Å²) in [6.07, 6.45) is -0.0578. The molecule has 5 rings (SSSR count). The van der Waals surface area contributed by atoms with Crippen LogP contribution in [0.5, 0.6) is 0 Å². The Labute approximate surface area is 175 Å². The summed E-state index contributed by atoms with van der Waals surface area (Å²) in [5.74, 6) is 0.850. The average Bonchev–Trinajstić information content (AvgIpc) is 3.34. The molecule has 2 aromatic carbocycles. The van der Waals surface area contributed by atoms with E-state index in [0.29, 0.717) is 30.6 Å². The summed E-state index contributed by atoms with van der Waals surface area (Å²) in [7, 11) is 0. The lowest BCUT2D eigenvalue weighted by atomic mass is 10.0. The molecule has 29 heavy (non-hydrogen) atoms. The first-order chi connectivity index (χ1) is 14.1. The molecule has 0 amide bonds. The lowest BCUT2D eigenvalue weighted by molar-refractivity contribution is -0.00153. The second-order valence-corrected chi connectivity index (χ2v) is 8.08. The summed E-state index contributed by atoms with van der Waals surface area (Å²) in [4.78, 5) is 4.50. The predicted molar refractivity (Wildman–Crippen MR) is 110 cm³/mol. The Kier molecular flexibility index (Phi) is 4.52. The zero-order valence-corrected chi connectivity index (χ0v) is 17.5. The van der Waals surface area contributed by atoms with Crippen molar-refractivity contribution >= 4 is 15.9 Å². The third-order valence-electron chi connectivity index (χ3n) is 5.08. The molecule has 4 aromatic rings. The van der Waals surface area contributed by atoms with E-state index in [1.807, 2.05) is 28.9 Å². The highest BCUT2D eigenvalue weighted by Crippen LogP contribution is 2.32. The van der Waals surface area contributed by atoms with E-state index in [2.05, 4.69) is 68.4 Å². The number of aromatic nitrogens is 5. The van der Waals surface area contributed by atoms with Crippen LogP contribution in [0.2, 0.25) is 0 Å². The highest BCUT2D eigenvalue weighted by atomic mass is 79.9. The highest BCUT2D eigenvalue weighted by Gasteiger charge is 2.28. The fourth-order valence-electron chi connectivity index (χ4n) is 3.62. The van der Waals surface area contributed by atoms with Gasteiger partial charge in [0, 0.05) is 10.0 Å². The van der Waals surface area contributed by atoms with Gasteiger partial charge in [0.05, 0.1) is 18.8 Å². The number of ether oxygens (including phenoxy) is 1. The van der Waals surface area contributed by atoms with Crippen LogP contribution in [0.15, 0.2) is 51.5 Å². The molecule has 0 saturated heterocycles. The molecule has 8 heteroatoms. The number of aryl methyl sites for hydroxylation is 2. The first-order valence-electron chi connectivity index (χ1n) is 9.29. The van der Waals surface area contributed by atoms with Gasteiger partial charge >= 0.3 is 0 Å². The molecule has 0 N–H and O–H groups in total. The number of rotatable bonds is 3. The summed E-state index contributed by atoms with van der Waals surface area (Å²) < 4.78 is 14.4. The Bertz CT molecular complexity index is 1200. The van der Waals surface area contributed by atoms with Crippen molar-refractivity contribution in [3.05, 3.63) is 69.3 Å². The highest BCUT2D eigenvalue weighted by molar-refractivity contribution is 9.10. The lowest BCUT2D eigenvalue weighted by Gasteiger charge is -2.25. The predicted octanol–water partition coefficient (Wildman–Crippen LogP) is 4.65. The lowest BCUT2D eigenvalue weighted by Crippen LogP contribution is -2.22. The quantitative estimate of drug-likeness (QED) is 0.451. The maximum absolute atomic E-state index is 6.14. The van der Waals surface area contributed by atoms with Crippen LogP contribution in [0.25, 0.3) is 23.0 Å². The fraction of sp³-hybridized carbons (Fsp3) is 0.238. The van der Waals surface area contributed by atoms with Gasteiger partial charge in [-0.3, -0.25) is 0 Å². The number of nitrogens with zero attached hydrogens (tertiary/aromatic N) is 5. The Balaban J connectivity index is 1.42. The number of halogens is 1. The maximum atomic E-state index is 6.14. The molecule has 1 aliphatic heterocycles. The first-order valence-corrected chi connectivity index (χ1v) is 10.1. The van der Waals surface area contributed by atoms with Crippen LogP contribution in [0.4, 0.5) is 0 Å². The molecule has 2 aromatic heterocycles. The molecule has 0 unspecified atom stereocenters. The third kappa shape index (κ3) is 3.38. The van der Waals surface area contributed by atoms with Gasteiger partial charge in [-0.15, -0.1) is 5.10 Å². The Hall–Kier alpha value is -2.84. The summed E-state index contributed by atoms with van der Waals surface area (Å²) >= 11 is 3.46. The minimum atomic E-state index is -0.0578. The molecule has 146 valence electrons. The fourth-order valence-corrected chi connectivity index (χ4v) is 4.02. The summed E-state index contributed by atoms with van der Waals surface area (Å²) in [6, 6.07) is 14.1. The normalized spacial score (nSPS) is 16.0. The van der Waals surface area contributed by atoms with Crippen LogP contribution in [-0.2, 0) is 17.9 Å². The van der Waals surface area contributed by atoms with Gasteiger partial charge in [0.15, 0.2) is 5.69 Å². The van der Waals surface area contributed by atoms with Gasteiger partial charge in [-0.25, -0.2) is 4.68 Å². The molecule has 0 radical (unpaired) electrons. The van der Waals surface area contributed by atoms with Crippen molar-refractivity contribution in [2.75, 3.05) is 0 Å². The average molecular weight is 452 g/mol. The molecular formula is C21H18BrN5O2. The van der Waals surface area contributed by atoms with Crippen molar-refractivity contribution in [1.82, 2.24) is 25.1 Å². The molecule has 1 aliphatic rings. The van der Waals surface area contributed by atoms with E-state index in [9.17, 15) is 0 Å². The van der Waals surface area contributed by atoms with Crippen molar-refractivity contribution in [2.24, 2.45) is 0 Å². The van der Waals surface area contributed by atoms with Gasteiger partial charge in [0.2, 0.25) is 5.82 Å². The van der Waals surface area contributed by atoms with Gasteiger partial charge in [-0.1, -0.05) is 62.2 Å². The van der Waals surface area contributed by atoms with Crippen molar-refractivity contribution < 1.29 is 9.26 Å². The Morgan fingerprint density at radius 3 is 2.86 bits per heavy atom. The number of hydrogen-bond donors (Lipinski definition) is 0. The zero-order chi connectivity index (χ0) is 20.0. The van der Waals surface area contributed by atoms with Gasteiger partial charge in [-0.05, 0) is 37.1 Å². The van der Waals surface area contributed by atoms with Crippen LogP contribution >= 0.6 is 15.9 Å². The summed E-state index contributed by atoms with van der Waals surface area (Å²) in [5.41, 5.74) is 5.90. The van der Waals surface area contributed by atoms with Crippen LogP contribution < -0.4 is 0 Å². The second-order valence-electron chi connectivity index (χ2n) is 7.16. The molecule has 3 heterocycles. The van der Waals surface area contributed by atoms with E-state index in [1.165, 1.54) is 16.7 Å². The van der Waals surface area contributed by atoms with Crippen LogP contribution in [-0.4, -0.2) is 25.1 Å². The molecule has 0 bridgehead atoms. The van der Waals surface area contributed by atoms with Crippen molar-refractivity contribution in [3.8, 4) is 23.0 Å². The van der Waals surface area contributed by atoms with Crippen molar-refractivity contribution in [2.45, 2.75) is 33.1 Å². The largest absolute Gasteiger partial charge is 0.365 e. The van der Waals surface area contributed by atoms with Crippen LogP contribution in [0.3, 0.4) is 0 Å². The Morgan fingerprint density at radius 1 is 1.14 bits per heavy atom. The second kappa shape index (κ2) is 7.20. The standard InChI is InChI=1S/C21H18BrN5O2/c1-12-6-7-16(13(2)8-12)18-10-27-17(11-28-18)19(24-26-27)21-23-20(25-29-21)14-4-3-5-15(22)9-14/h3-9,18H,10-11H2,1-2H3/t18-/m0/s1. The van der Waals surface area contributed by atoms with Gasteiger partial charge < -0.3 is 9.26 Å². The van der Waals surface area contributed by atoms with Crippen LogP contribution in [0, 0.1) is 13.8 Å². The van der Waals surface area contributed by atoms with E-state index in [4.69, 9.17) is 9.26 Å². The van der Waals surface area contributed by atoms with Gasteiger partial charge in [0.25, 0.3) is 5.89 Å². The molecule has 0 aliphatic carbocycles. The number of benzene rings is 2. The minimum absolute atomic E-state index is 0.0578. The maximum Gasteiger partial charge on any atom is 0.280 e. The monoisotopic (exact) mass is 451 g/mol. The minimum Gasteiger partial charge on any atom is -0.365 e. The van der Waals surface area contributed by atoms with E-state index in [-0.39, 0.29) is 6.10 Å². The SMILES string of the molecule is Cc1ccc([C@@H]2Cn3nnc(-c4nc(-c5cccc(Br)c5)no4)c3CO2)c(C)c1. The van der Waals surface area contributed by atoms with Gasteiger partial charge in [-0.2, -0.15) is 4.98 Å². The molecule has 7 nitrogen and oxygen atoms in total. The molecule has 0 spiro atoms. The topological polar surface area (TPSA) is 78.9 Å². The van der Waals surface area contributed by atoms with Gasteiger partial charge in [0.1, 0.15) is 6.10 Å². The molecule has 0 fully saturated rings. The van der Waals surface area contributed by atoms with Crippen molar-refractivity contribution in [3.63, 3.8) is 0 Å². The summed E-state index contributed by atoms with van der Waals surface area (Å²) in [5, 5.41) is 12.7.